The van der Waals surface area contributed by atoms with E-state index in [1.807, 2.05) is 49.1 Å². The largest absolute Gasteiger partial charge is 0.381 e. The van der Waals surface area contributed by atoms with Gasteiger partial charge in [-0.2, -0.15) is 0 Å². The summed E-state index contributed by atoms with van der Waals surface area (Å²) in [5.41, 5.74) is 3.90. The van der Waals surface area contributed by atoms with Crippen molar-refractivity contribution in [2.45, 2.75) is 51.3 Å². The average molecular weight is 563 g/mol. The van der Waals surface area contributed by atoms with E-state index in [0.717, 1.165) is 51.0 Å². The number of benzene rings is 2. The summed E-state index contributed by atoms with van der Waals surface area (Å²) in [7, 11) is -3.72. The molecule has 2 aliphatic rings. The number of nitrogens with zero attached hydrogens (tertiary/aromatic N) is 2. The predicted octanol–water partition coefficient (Wildman–Crippen LogP) is 4.98. The van der Waals surface area contributed by atoms with E-state index in [1.165, 1.54) is 5.56 Å². The minimum atomic E-state index is -3.72. The van der Waals surface area contributed by atoms with Gasteiger partial charge in [0.2, 0.25) is 10.0 Å². The van der Waals surface area contributed by atoms with Crippen LogP contribution in [0.1, 0.15) is 49.5 Å². The molecule has 4 rings (SSSR count). The number of amides is 1. The number of allylic oxidation sites excluding steroid dienone is 4. The van der Waals surface area contributed by atoms with Crippen LogP contribution in [0.25, 0.3) is 0 Å². The molecule has 2 aromatic rings. The smallest absolute Gasteiger partial charge is 0.253 e. The summed E-state index contributed by atoms with van der Waals surface area (Å²) in [6.07, 6.45) is 10.9. The fourth-order valence-corrected chi connectivity index (χ4v) is 6.37. The number of rotatable bonds is 10. The number of dihydropyridines is 1. The average Bonchev–Trinajstić information content (AvgIpc) is 3.20. The Morgan fingerprint density at radius 1 is 1.07 bits per heavy atom. The van der Waals surface area contributed by atoms with Gasteiger partial charge >= 0.3 is 0 Å². The topological polar surface area (TPSA) is 81.8 Å². The van der Waals surface area contributed by atoms with Crippen LogP contribution in [0, 0.1) is 0 Å². The molecule has 0 aliphatic carbocycles. The van der Waals surface area contributed by atoms with Crippen LogP contribution < -0.4 is 10.0 Å². The molecule has 2 atom stereocenters. The zero-order valence-corrected chi connectivity index (χ0v) is 24.7. The lowest BCUT2D eigenvalue weighted by Gasteiger charge is -2.26. The summed E-state index contributed by atoms with van der Waals surface area (Å²) >= 11 is 0. The van der Waals surface area contributed by atoms with Crippen LogP contribution in [0.3, 0.4) is 0 Å². The second-order valence-corrected chi connectivity index (χ2v) is 12.6. The third kappa shape index (κ3) is 7.86. The Kier molecular flexibility index (Phi) is 10.2. The molecule has 2 aromatic carbocycles. The first kappa shape index (κ1) is 29.6. The normalized spacial score (nSPS) is 19.4. The molecule has 7 nitrogen and oxygen atoms in total. The highest BCUT2D eigenvalue weighted by Crippen LogP contribution is 2.23. The van der Waals surface area contributed by atoms with Crippen molar-refractivity contribution < 1.29 is 13.2 Å². The summed E-state index contributed by atoms with van der Waals surface area (Å²) < 4.78 is 29.2. The Morgan fingerprint density at radius 3 is 2.55 bits per heavy atom. The van der Waals surface area contributed by atoms with Crippen LogP contribution in [0.4, 0.5) is 5.69 Å². The molecule has 0 bridgehead atoms. The van der Waals surface area contributed by atoms with Gasteiger partial charge in [-0.1, -0.05) is 54.6 Å². The Morgan fingerprint density at radius 2 is 1.82 bits per heavy atom. The zero-order chi connectivity index (χ0) is 28.5. The van der Waals surface area contributed by atoms with Crippen molar-refractivity contribution in [3.8, 4) is 0 Å². The van der Waals surface area contributed by atoms with Crippen LogP contribution in [0.2, 0.25) is 0 Å². The first-order valence-corrected chi connectivity index (χ1v) is 15.8. The van der Waals surface area contributed by atoms with Gasteiger partial charge in [-0.25, -0.2) is 8.42 Å². The Balaban J connectivity index is 1.32. The molecule has 1 saturated heterocycles. The molecule has 0 radical (unpaired) electrons. The molecule has 2 heterocycles. The number of anilines is 1. The van der Waals surface area contributed by atoms with Crippen LogP contribution >= 0.6 is 0 Å². The molecule has 2 N–H and O–H groups in total. The van der Waals surface area contributed by atoms with Gasteiger partial charge in [-0.15, -0.1) is 0 Å². The maximum absolute atomic E-state index is 13.2. The van der Waals surface area contributed by atoms with Crippen molar-refractivity contribution in [2.75, 3.05) is 37.4 Å². The zero-order valence-electron chi connectivity index (χ0n) is 23.8. The first-order valence-electron chi connectivity index (χ1n) is 14.3. The summed E-state index contributed by atoms with van der Waals surface area (Å²) in [6, 6.07) is 17.4. The highest BCUT2D eigenvalue weighted by Gasteiger charge is 2.28. The second-order valence-electron chi connectivity index (χ2n) is 10.6. The first-order chi connectivity index (χ1) is 19.3. The van der Waals surface area contributed by atoms with Crippen LogP contribution in [-0.2, 0) is 16.4 Å². The number of carbonyl (C=O) groups excluding carboxylic acids is 1. The van der Waals surface area contributed by atoms with Gasteiger partial charge in [0, 0.05) is 42.6 Å². The molecule has 0 aromatic heterocycles. The van der Waals surface area contributed by atoms with Crippen LogP contribution in [-0.4, -0.2) is 68.1 Å². The van der Waals surface area contributed by atoms with E-state index in [0.29, 0.717) is 23.5 Å². The maximum atomic E-state index is 13.2. The van der Waals surface area contributed by atoms with Gasteiger partial charge in [0.15, 0.2) is 0 Å². The van der Waals surface area contributed by atoms with Crippen molar-refractivity contribution in [3.63, 3.8) is 0 Å². The predicted molar refractivity (Wildman–Crippen MR) is 164 cm³/mol. The Hall–Kier alpha value is -3.36. The van der Waals surface area contributed by atoms with Gasteiger partial charge in [0.1, 0.15) is 5.25 Å². The van der Waals surface area contributed by atoms with Gasteiger partial charge in [-0.05, 0) is 88.5 Å². The summed E-state index contributed by atoms with van der Waals surface area (Å²) in [5.74, 6) is -0.0118. The lowest BCUT2D eigenvalue weighted by atomic mass is 10.0. The van der Waals surface area contributed by atoms with E-state index < -0.39 is 15.3 Å². The maximum Gasteiger partial charge on any atom is 0.253 e. The standard InChI is InChI=1S/C32H42N4O3S/c1-4-10-28-15-14-25(2)33-31(28)26(3)40(38,39)34-30-18-16-29(17-19-30)32(37)36-22-9-21-35(23-24-36)20-8-13-27-11-6-5-7-12-27/h4-7,10-12,14-19,25-26,33-34H,8-9,13,20-24H2,1-3H3/b10-4-. The van der Waals surface area contributed by atoms with E-state index in [9.17, 15) is 13.2 Å². The molecule has 2 unspecified atom stereocenters. The fourth-order valence-electron chi connectivity index (χ4n) is 5.21. The van der Waals surface area contributed by atoms with Crippen molar-refractivity contribution in [2.24, 2.45) is 0 Å². The third-order valence-electron chi connectivity index (χ3n) is 7.53. The number of hydrogen-bond acceptors (Lipinski definition) is 5. The number of hydrogen-bond donors (Lipinski definition) is 2. The third-order valence-corrected chi connectivity index (χ3v) is 9.21. The van der Waals surface area contributed by atoms with Gasteiger partial charge < -0.3 is 15.1 Å². The van der Waals surface area contributed by atoms with Gasteiger partial charge in [-0.3, -0.25) is 9.52 Å². The lowest BCUT2D eigenvalue weighted by molar-refractivity contribution is 0.0761. The summed E-state index contributed by atoms with van der Waals surface area (Å²) in [4.78, 5) is 17.6. The number of carbonyl (C=O) groups is 1. The quantitative estimate of drug-likeness (QED) is 0.427. The number of aryl methyl sites for hydroxylation is 1. The van der Waals surface area contributed by atoms with Gasteiger partial charge in [0.25, 0.3) is 5.91 Å². The van der Waals surface area contributed by atoms with E-state index in [2.05, 4.69) is 39.2 Å². The second kappa shape index (κ2) is 13.8. The summed E-state index contributed by atoms with van der Waals surface area (Å²) in [6.45, 7) is 9.88. The van der Waals surface area contributed by atoms with Crippen molar-refractivity contribution >= 4 is 21.6 Å². The number of nitrogens with one attached hydrogen (secondary N) is 2. The monoisotopic (exact) mass is 562 g/mol. The molecular formula is C32H42N4O3S. The Labute approximate surface area is 239 Å². The van der Waals surface area contributed by atoms with Crippen molar-refractivity contribution in [3.05, 3.63) is 101 Å². The van der Waals surface area contributed by atoms with E-state index >= 15 is 0 Å². The molecule has 1 amide bonds. The van der Waals surface area contributed by atoms with Crippen LogP contribution in [0.5, 0.6) is 0 Å². The van der Waals surface area contributed by atoms with Gasteiger partial charge in [0.05, 0.1) is 0 Å². The number of sulfonamides is 1. The Bertz CT molecular complexity index is 1330. The van der Waals surface area contributed by atoms with Crippen LogP contribution in [0.15, 0.2) is 90.2 Å². The van der Waals surface area contributed by atoms with E-state index in [1.54, 1.807) is 31.2 Å². The highest BCUT2D eigenvalue weighted by atomic mass is 32.2. The molecule has 40 heavy (non-hydrogen) atoms. The van der Waals surface area contributed by atoms with E-state index in [4.69, 9.17) is 0 Å². The molecule has 0 saturated carbocycles. The molecule has 2 aliphatic heterocycles. The summed E-state index contributed by atoms with van der Waals surface area (Å²) in [5, 5.41) is 2.52. The van der Waals surface area contributed by atoms with E-state index in [-0.39, 0.29) is 11.9 Å². The molecule has 214 valence electrons. The fraction of sp³-hybridized carbons (Fsp3) is 0.406. The van der Waals surface area contributed by atoms with Crippen molar-refractivity contribution in [1.82, 2.24) is 15.1 Å². The molecular weight excluding hydrogens is 520 g/mol. The SMILES string of the molecule is C/C=C\C1=C(C(C)S(=O)(=O)Nc2ccc(C(=O)N3CCCN(CCCc4ccccc4)CC3)cc2)NC(C)C=C1. The molecule has 0 spiro atoms. The minimum Gasteiger partial charge on any atom is -0.381 e. The molecule has 8 heteroatoms. The highest BCUT2D eigenvalue weighted by molar-refractivity contribution is 7.93. The molecule has 1 fully saturated rings. The lowest BCUT2D eigenvalue weighted by Crippen LogP contribution is -2.38. The minimum absolute atomic E-state index is 0.0118. The van der Waals surface area contributed by atoms with Crippen molar-refractivity contribution in [1.29, 1.82) is 0 Å².